The number of pyridine rings is 1. The zero-order chi connectivity index (χ0) is 20.4. The van der Waals surface area contributed by atoms with Gasteiger partial charge in [-0.2, -0.15) is 0 Å². The van der Waals surface area contributed by atoms with E-state index in [4.69, 9.17) is 21.1 Å². The van der Waals surface area contributed by atoms with E-state index in [9.17, 15) is 5.11 Å². The number of hydrogen-bond donors (Lipinski definition) is 3. The highest BCUT2D eigenvalue weighted by atomic mass is 127. The molecule has 0 aliphatic heterocycles. The van der Waals surface area contributed by atoms with Crippen LogP contribution in [0.5, 0.6) is 11.5 Å². The molecule has 3 N–H and O–H groups in total. The van der Waals surface area contributed by atoms with Crippen LogP contribution in [0.3, 0.4) is 0 Å². The highest BCUT2D eigenvalue weighted by Crippen LogP contribution is 2.30. The lowest BCUT2D eigenvalue weighted by atomic mass is 10.1. The lowest BCUT2D eigenvalue weighted by Crippen LogP contribution is -2.38. The number of nitrogens with one attached hydrogen (secondary N) is 2. The van der Waals surface area contributed by atoms with Crippen molar-refractivity contribution >= 4 is 41.5 Å². The summed E-state index contributed by atoms with van der Waals surface area (Å²) in [5.41, 5.74) is 1.79. The summed E-state index contributed by atoms with van der Waals surface area (Å²) in [7, 11) is 3.14. The van der Waals surface area contributed by atoms with Gasteiger partial charge in [-0.3, -0.25) is 4.99 Å². The average Bonchev–Trinajstić information content (AvgIpc) is 2.72. The van der Waals surface area contributed by atoms with Crippen LogP contribution in [-0.4, -0.2) is 49.9 Å². The average molecular weight is 535 g/mol. The number of methoxy groups -OCH3 is 2. The van der Waals surface area contributed by atoms with Crippen LogP contribution in [0, 0.1) is 0 Å². The Morgan fingerprint density at radius 1 is 1.17 bits per heavy atom. The molecule has 0 spiro atoms. The standard InChI is InChI=1S/C20H27ClN4O3.HI/c1-4-22-20(23-10-9-14-5-8-19(21)24-12-14)25-13-16(26)15-6-7-17(27-2)18(11-15)28-3;/h5-8,11-12,16,26H,4,9-10,13H2,1-3H3,(H2,22,23,25);1H. The number of nitrogens with zero attached hydrogens (tertiary/aromatic N) is 2. The molecular weight excluding hydrogens is 507 g/mol. The van der Waals surface area contributed by atoms with Crippen LogP contribution in [0.15, 0.2) is 41.5 Å². The van der Waals surface area contributed by atoms with Gasteiger partial charge >= 0.3 is 0 Å². The molecule has 1 heterocycles. The quantitative estimate of drug-likeness (QED) is 0.198. The van der Waals surface area contributed by atoms with Gasteiger partial charge < -0.3 is 25.2 Å². The number of aromatic nitrogens is 1. The highest BCUT2D eigenvalue weighted by Gasteiger charge is 2.12. The van der Waals surface area contributed by atoms with E-state index in [1.165, 1.54) is 0 Å². The first-order valence-corrected chi connectivity index (χ1v) is 9.47. The first-order chi connectivity index (χ1) is 13.6. The zero-order valence-electron chi connectivity index (χ0n) is 16.8. The summed E-state index contributed by atoms with van der Waals surface area (Å²) < 4.78 is 10.5. The van der Waals surface area contributed by atoms with Gasteiger partial charge in [0, 0.05) is 19.3 Å². The molecule has 2 rings (SSSR count). The van der Waals surface area contributed by atoms with Crippen LogP contribution >= 0.6 is 35.6 Å². The fourth-order valence-electron chi connectivity index (χ4n) is 2.56. The Morgan fingerprint density at radius 3 is 2.55 bits per heavy atom. The molecule has 0 saturated carbocycles. The van der Waals surface area contributed by atoms with Crippen molar-refractivity contribution in [3.63, 3.8) is 0 Å². The molecule has 29 heavy (non-hydrogen) atoms. The van der Waals surface area contributed by atoms with Gasteiger partial charge in [-0.25, -0.2) is 4.98 Å². The first kappa shape index (κ1) is 25.3. The molecule has 0 bridgehead atoms. The summed E-state index contributed by atoms with van der Waals surface area (Å²) >= 11 is 5.80. The summed E-state index contributed by atoms with van der Waals surface area (Å²) in [4.78, 5) is 8.54. The Bertz CT molecular complexity index is 775. The Balaban J connectivity index is 0.00000420. The maximum atomic E-state index is 10.5. The Hall–Kier alpha value is -1.78. The van der Waals surface area contributed by atoms with Crippen LogP contribution < -0.4 is 20.1 Å². The molecule has 2 aromatic rings. The van der Waals surface area contributed by atoms with Gasteiger partial charge in [-0.1, -0.05) is 23.7 Å². The molecule has 0 fully saturated rings. The third-order valence-corrected chi connectivity index (χ3v) is 4.28. The van der Waals surface area contributed by atoms with Crippen LogP contribution in [0.25, 0.3) is 0 Å². The van der Waals surface area contributed by atoms with E-state index in [2.05, 4.69) is 20.6 Å². The molecule has 0 aliphatic rings. The van der Waals surface area contributed by atoms with Gasteiger partial charge in [-0.05, 0) is 42.7 Å². The minimum absolute atomic E-state index is 0. The maximum Gasteiger partial charge on any atom is 0.191 e. The molecule has 1 aromatic carbocycles. The van der Waals surface area contributed by atoms with Crippen molar-refractivity contribution in [2.24, 2.45) is 4.99 Å². The summed E-state index contributed by atoms with van der Waals surface area (Å²) in [5, 5.41) is 17.4. The van der Waals surface area contributed by atoms with E-state index in [0.29, 0.717) is 34.7 Å². The molecule has 160 valence electrons. The summed E-state index contributed by atoms with van der Waals surface area (Å²) in [6.45, 7) is 3.61. The molecule has 0 aliphatic carbocycles. The van der Waals surface area contributed by atoms with E-state index in [1.807, 2.05) is 13.0 Å². The number of aliphatic hydroxyl groups excluding tert-OH is 1. The molecule has 0 radical (unpaired) electrons. The van der Waals surface area contributed by atoms with E-state index in [-0.39, 0.29) is 30.5 Å². The number of rotatable bonds is 9. The second kappa shape index (κ2) is 13.4. The fraction of sp³-hybridized carbons (Fsp3) is 0.400. The first-order valence-electron chi connectivity index (χ1n) is 9.10. The third-order valence-electron chi connectivity index (χ3n) is 4.05. The number of aliphatic hydroxyl groups is 1. The van der Waals surface area contributed by atoms with E-state index in [0.717, 1.165) is 18.5 Å². The zero-order valence-corrected chi connectivity index (χ0v) is 19.9. The number of halogens is 2. The van der Waals surface area contributed by atoms with Crippen LogP contribution in [0.1, 0.15) is 24.2 Å². The number of hydrogen-bond acceptors (Lipinski definition) is 5. The number of guanidine groups is 1. The molecule has 1 aromatic heterocycles. The van der Waals surface area contributed by atoms with E-state index < -0.39 is 6.10 Å². The summed E-state index contributed by atoms with van der Waals surface area (Å²) in [6, 6.07) is 9.05. The van der Waals surface area contributed by atoms with Gasteiger partial charge in [-0.15, -0.1) is 24.0 Å². The van der Waals surface area contributed by atoms with Crippen LogP contribution in [0.4, 0.5) is 0 Å². The van der Waals surface area contributed by atoms with Gasteiger partial charge in [0.1, 0.15) is 5.15 Å². The second-order valence-corrected chi connectivity index (χ2v) is 6.40. The molecular formula is C20H28ClIN4O3. The van der Waals surface area contributed by atoms with Crippen LogP contribution in [0.2, 0.25) is 5.15 Å². The Morgan fingerprint density at radius 2 is 1.93 bits per heavy atom. The Kier molecular flexibility index (Phi) is 11.7. The van der Waals surface area contributed by atoms with Crippen molar-refractivity contribution in [1.82, 2.24) is 15.6 Å². The lowest BCUT2D eigenvalue weighted by Gasteiger charge is -2.15. The predicted molar refractivity (Wildman–Crippen MR) is 127 cm³/mol. The van der Waals surface area contributed by atoms with Gasteiger partial charge in [0.2, 0.25) is 0 Å². The largest absolute Gasteiger partial charge is 0.493 e. The minimum Gasteiger partial charge on any atom is -0.493 e. The van der Waals surface area contributed by atoms with Gasteiger partial charge in [0.05, 0.1) is 26.9 Å². The molecule has 0 saturated heterocycles. The predicted octanol–water partition coefficient (Wildman–Crippen LogP) is 3.20. The highest BCUT2D eigenvalue weighted by molar-refractivity contribution is 14.0. The Labute approximate surface area is 193 Å². The van der Waals surface area contributed by atoms with Crippen molar-refractivity contribution in [1.29, 1.82) is 0 Å². The minimum atomic E-state index is -0.754. The van der Waals surface area contributed by atoms with Crippen LogP contribution in [-0.2, 0) is 6.42 Å². The maximum absolute atomic E-state index is 10.5. The number of ether oxygens (including phenoxy) is 2. The fourth-order valence-corrected chi connectivity index (χ4v) is 2.68. The number of aliphatic imine (C=N–C) groups is 1. The smallest absolute Gasteiger partial charge is 0.191 e. The second-order valence-electron chi connectivity index (χ2n) is 6.02. The molecule has 1 atom stereocenters. The van der Waals surface area contributed by atoms with Crippen molar-refractivity contribution in [3.8, 4) is 11.5 Å². The van der Waals surface area contributed by atoms with Gasteiger partial charge in [0.15, 0.2) is 17.5 Å². The SMILES string of the molecule is CCNC(=NCC(O)c1ccc(OC)c(OC)c1)NCCc1ccc(Cl)nc1.I. The molecule has 9 heteroatoms. The van der Waals surface area contributed by atoms with E-state index in [1.54, 1.807) is 44.7 Å². The molecule has 0 amide bonds. The van der Waals surface area contributed by atoms with Crippen molar-refractivity contribution < 1.29 is 14.6 Å². The van der Waals surface area contributed by atoms with Gasteiger partial charge in [0.25, 0.3) is 0 Å². The third kappa shape index (κ3) is 8.23. The topological polar surface area (TPSA) is 88.0 Å². The lowest BCUT2D eigenvalue weighted by molar-refractivity contribution is 0.186. The normalized spacial score (nSPS) is 12.0. The summed E-state index contributed by atoms with van der Waals surface area (Å²) in [6.07, 6.45) is 1.79. The van der Waals surface area contributed by atoms with E-state index >= 15 is 0 Å². The van der Waals surface area contributed by atoms with Crippen molar-refractivity contribution in [3.05, 3.63) is 52.8 Å². The number of benzene rings is 1. The molecule has 1 unspecified atom stereocenters. The summed E-state index contributed by atoms with van der Waals surface area (Å²) in [5.74, 6) is 1.84. The van der Waals surface area contributed by atoms with Crippen molar-refractivity contribution in [2.45, 2.75) is 19.4 Å². The molecule has 7 nitrogen and oxygen atoms in total. The van der Waals surface area contributed by atoms with Crippen molar-refractivity contribution in [2.75, 3.05) is 33.9 Å². The monoisotopic (exact) mass is 534 g/mol.